The summed E-state index contributed by atoms with van der Waals surface area (Å²) < 4.78 is 5.08. The molecular formula is C14H18N2O2. The van der Waals surface area contributed by atoms with Crippen molar-refractivity contribution in [3.63, 3.8) is 0 Å². The van der Waals surface area contributed by atoms with Crippen LogP contribution in [0.5, 0.6) is 0 Å². The number of hydrogen-bond donors (Lipinski definition) is 2. The first kappa shape index (κ1) is 11.5. The standard InChI is InChI=1S/C14H18N2O2/c17-14-16-12-6-5-10(8-13(12)18-14)3-4-11-2-1-7-15-9-11/h5-6,8,11,15H,1-4,7,9H2,(H,16,17). The lowest BCUT2D eigenvalue weighted by Crippen LogP contribution is -2.29. The molecule has 1 aliphatic rings. The van der Waals surface area contributed by atoms with Crippen molar-refractivity contribution in [1.29, 1.82) is 0 Å². The van der Waals surface area contributed by atoms with E-state index in [-0.39, 0.29) is 5.76 Å². The third-order valence-corrected chi connectivity index (χ3v) is 3.73. The van der Waals surface area contributed by atoms with Crippen molar-refractivity contribution in [2.45, 2.75) is 25.7 Å². The van der Waals surface area contributed by atoms with Crippen LogP contribution in [0, 0.1) is 5.92 Å². The lowest BCUT2D eigenvalue weighted by molar-refractivity contribution is 0.358. The zero-order valence-corrected chi connectivity index (χ0v) is 10.4. The number of hydrogen-bond acceptors (Lipinski definition) is 3. The molecule has 0 amide bonds. The number of oxazole rings is 1. The van der Waals surface area contributed by atoms with Gasteiger partial charge in [0.2, 0.25) is 0 Å². The van der Waals surface area contributed by atoms with Gasteiger partial charge >= 0.3 is 5.76 Å². The monoisotopic (exact) mass is 246 g/mol. The molecule has 96 valence electrons. The van der Waals surface area contributed by atoms with Crippen LogP contribution in [0.25, 0.3) is 11.1 Å². The first-order valence-electron chi connectivity index (χ1n) is 6.64. The molecule has 4 heteroatoms. The molecule has 2 aromatic rings. The maximum atomic E-state index is 11.1. The van der Waals surface area contributed by atoms with Crippen LogP contribution in [0.3, 0.4) is 0 Å². The van der Waals surface area contributed by atoms with Crippen molar-refractivity contribution in [1.82, 2.24) is 10.3 Å². The van der Waals surface area contributed by atoms with Gasteiger partial charge in [0, 0.05) is 0 Å². The van der Waals surface area contributed by atoms with Gasteiger partial charge in [-0.05, 0) is 62.4 Å². The fourth-order valence-electron chi connectivity index (χ4n) is 2.69. The number of rotatable bonds is 3. The van der Waals surface area contributed by atoms with Crippen LogP contribution in [-0.2, 0) is 6.42 Å². The van der Waals surface area contributed by atoms with E-state index in [0.717, 1.165) is 30.9 Å². The van der Waals surface area contributed by atoms with Crippen molar-refractivity contribution in [2.75, 3.05) is 13.1 Å². The van der Waals surface area contributed by atoms with Crippen LogP contribution in [0.2, 0.25) is 0 Å². The van der Waals surface area contributed by atoms with Crippen molar-refractivity contribution in [2.24, 2.45) is 5.92 Å². The summed E-state index contributed by atoms with van der Waals surface area (Å²) in [5, 5.41) is 3.44. The molecule has 0 saturated carbocycles. The molecular weight excluding hydrogens is 228 g/mol. The van der Waals surface area contributed by atoms with Crippen LogP contribution in [0.15, 0.2) is 27.4 Å². The Morgan fingerprint density at radius 1 is 1.39 bits per heavy atom. The molecule has 18 heavy (non-hydrogen) atoms. The number of aromatic amines is 1. The minimum atomic E-state index is -0.376. The van der Waals surface area contributed by atoms with E-state index in [1.165, 1.54) is 24.8 Å². The highest BCUT2D eigenvalue weighted by atomic mass is 16.4. The SMILES string of the molecule is O=c1[nH]c2ccc(CCC3CCCNC3)cc2o1. The highest BCUT2D eigenvalue weighted by molar-refractivity contribution is 5.72. The second-order valence-corrected chi connectivity index (χ2v) is 5.10. The Hall–Kier alpha value is -1.55. The zero-order chi connectivity index (χ0) is 12.4. The number of aryl methyl sites for hydroxylation is 1. The maximum Gasteiger partial charge on any atom is 0.417 e. The fraction of sp³-hybridized carbons (Fsp3) is 0.500. The first-order valence-corrected chi connectivity index (χ1v) is 6.64. The lowest BCUT2D eigenvalue weighted by atomic mass is 9.93. The van der Waals surface area contributed by atoms with Crippen molar-refractivity contribution >= 4 is 11.1 Å². The van der Waals surface area contributed by atoms with Crippen LogP contribution >= 0.6 is 0 Å². The number of piperidine rings is 1. The normalized spacial score (nSPS) is 20.3. The van der Waals surface area contributed by atoms with Gasteiger partial charge in [0.1, 0.15) is 0 Å². The summed E-state index contributed by atoms with van der Waals surface area (Å²) in [6, 6.07) is 5.97. The topological polar surface area (TPSA) is 58.0 Å². The van der Waals surface area contributed by atoms with Crippen LogP contribution in [0.4, 0.5) is 0 Å². The van der Waals surface area contributed by atoms with Gasteiger partial charge in [-0.25, -0.2) is 4.79 Å². The Morgan fingerprint density at radius 2 is 2.33 bits per heavy atom. The van der Waals surface area contributed by atoms with Gasteiger partial charge in [-0.1, -0.05) is 6.07 Å². The van der Waals surface area contributed by atoms with E-state index in [1.54, 1.807) is 0 Å². The fourth-order valence-corrected chi connectivity index (χ4v) is 2.69. The van der Waals surface area contributed by atoms with E-state index in [1.807, 2.05) is 12.1 Å². The Labute approximate surface area is 105 Å². The van der Waals surface area contributed by atoms with E-state index in [2.05, 4.69) is 16.4 Å². The third-order valence-electron chi connectivity index (χ3n) is 3.73. The van der Waals surface area contributed by atoms with E-state index in [0.29, 0.717) is 5.58 Å². The lowest BCUT2D eigenvalue weighted by Gasteiger charge is -2.22. The highest BCUT2D eigenvalue weighted by Gasteiger charge is 2.12. The molecule has 0 spiro atoms. The molecule has 1 aromatic heterocycles. The summed E-state index contributed by atoms with van der Waals surface area (Å²) >= 11 is 0. The summed E-state index contributed by atoms with van der Waals surface area (Å²) in [7, 11) is 0. The first-order chi connectivity index (χ1) is 8.81. The molecule has 2 heterocycles. The predicted molar refractivity (Wildman–Crippen MR) is 70.7 cm³/mol. The third kappa shape index (κ3) is 2.48. The Balaban J connectivity index is 1.68. The molecule has 1 unspecified atom stereocenters. The van der Waals surface area contributed by atoms with E-state index < -0.39 is 0 Å². The van der Waals surface area contributed by atoms with Crippen LogP contribution in [0.1, 0.15) is 24.8 Å². The minimum Gasteiger partial charge on any atom is -0.408 e. The molecule has 0 aliphatic carbocycles. The van der Waals surface area contributed by atoms with Crippen LogP contribution < -0.4 is 11.1 Å². The highest BCUT2D eigenvalue weighted by Crippen LogP contribution is 2.19. The van der Waals surface area contributed by atoms with Crippen molar-refractivity contribution in [3.8, 4) is 0 Å². The maximum absolute atomic E-state index is 11.1. The summed E-state index contributed by atoms with van der Waals surface area (Å²) in [4.78, 5) is 13.7. The molecule has 1 aliphatic heterocycles. The second kappa shape index (κ2) is 4.98. The predicted octanol–water partition coefficient (Wildman–Crippen LogP) is 2.05. The number of benzene rings is 1. The quantitative estimate of drug-likeness (QED) is 0.871. The molecule has 1 atom stereocenters. The second-order valence-electron chi connectivity index (χ2n) is 5.10. The average Bonchev–Trinajstić information content (AvgIpc) is 2.77. The summed E-state index contributed by atoms with van der Waals surface area (Å²) in [6.07, 6.45) is 4.87. The van der Waals surface area contributed by atoms with Crippen LogP contribution in [-0.4, -0.2) is 18.1 Å². The minimum absolute atomic E-state index is 0.376. The smallest absolute Gasteiger partial charge is 0.408 e. The molecule has 0 bridgehead atoms. The van der Waals surface area contributed by atoms with Gasteiger partial charge in [0.15, 0.2) is 5.58 Å². The molecule has 1 aromatic carbocycles. The van der Waals surface area contributed by atoms with Crippen molar-refractivity contribution in [3.05, 3.63) is 34.3 Å². The molecule has 2 N–H and O–H groups in total. The average molecular weight is 246 g/mol. The number of nitrogens with one attached hydrogen (secondary N) is 2. The molecule has 4 nitrogen and oxygen atoms in total. The summed E-state index contributed by atoms with van der Waals surface area (Å²) in [5.41, 5.74) is 2.69. The Morgan fingerprint density at radius 3 is 3.17 bits per heavy atom. The molecule has 3 rings (SSSR count). The van der Waals surface area contributed by atoms with Gasteiger partial charge < -0.3 is 9.73 Å². The number of H-pyrrole nitrogens is 1. The van der Waals surface area contributed by atoms with E-state index in [4.69, 9.17) is 4.42 Å². The zero-order valence-electron chi connectivity index (χ0n) is 10.4. The van der Waals surface area contributed by atoms with E-state index >= 15 is 0 Å². The molecule has 0 radical (unpaired) electrons. The number of aromatic nitrogens is 1. The Bertz CT molecular complexity index is 579. The molecule has 1 saturated heterocycles. The van der Waals surface area contributed by atoms with Gasteiger partial charge in [-0.15, -0.1) is 0 Å². The molecule has 1 fully saturated rings. The summed E-state index contributed by atoms with van der Waals surface area (Å²) in [5.74, 6) is 0.409. The largest absolute Gasteiger partial charge is 0.417 e. The van der Waals surface area contributed by atoms with Gasteiger partial charge in [0.25, 0.3) is 0 Å². The van der Waals surface area contributed by atoms with Gasteiger partial charge in [0.05, 0.1) is 5.52 Å². The van der Waals surface area contributed by atoms with Crippen molar-refractivity contribution < 1.29 is 4.42 Å². The van der Waals surface area contributed by atoms with Gasteiger partial charge in [-0.2, -0.15) is 0 Å². The number of fused-ring (bicyclic) bond motifs is 1. The van der Waals surface area contributed by atoms with E-state index in [9.17, 15) is 4.79 Å². The summed E-state index contributed by atoms with van der Waals surface area (Å²) in [6.45, 7) is 2.30. The van der Waals surface area contributed by atoms with Gasteiger partial charge in [-0.3, -0.25) is 4.98 Å². The Kier molecular flexibility index (Phi) is 3.19.